The maximum absolute atomic E-state index is 11.9. The minimum absolute atomic E-state index is 0.197. The van der Waals surface area contributed by atoms with Crippen molar-refractivity contribution >= 4 is 17.3 Å². The highest BCUT2D eigenvalue weighted by molar-refractivity contribution is 6.07. The van der Waals surface area contributed by atoms with Crippen LogP contribution < -0.4 is 11.1 Å². The molecular weight excluding hydrogens is 220 g/mol. The van der Waals surface area contributed by atoms with Gasteiger partial charge in [-0.1, -0.05) is 0 Å². The van der Waals surface area contributed by atoms with E-state index in [-0.39, 0.29) is 11.6 Å². The molecule has 0 fully saturated rings. The summed E-state index contributed by atoms with van der Waals surface area (Å²) in [4.78, 5) is 11.9. The SMILES string of the molecule is Cc1n[nH]c(C)c1NC(=O)c1n[nH]c(C)c1N. The van der Waals surface area contributed by atoms with Gasteiger partial charge in [0.25, 0.3) is 5.91 Å². The first-order valence-corrected chi connectivity index (χ1v) is 5.14. The fraction of sp³-hybridized carbons (Fsp3) is 0.300. The van der Waals surface area contributed by atoms with Gasteiger partial charge in [0.05, 0.1) is 28.5 Å². The summed E-state index contributed by atoms with van der Waals surface area (Å²) in [7, 11) is 0. The van der Waals surface area contributed by atoms with E-state index in [1.165, 1.54) is 0 Å². The third-order valence-corrected chi connectivity index (χ3v) is 2.58. The number of rotatable bonds is 2. The Labute approximate surface area is 97.8 Å². The fourth-order valence-corrected chi connectivity index (χ4v) is 1.52. The summed E-state index contributed by atoms with van der Waals surface area (Å²) in [6, 6.07) is 0. The quantitative estimate of drug-likeness (QED) is 0.618. The lowest BCUT2D eigenvalue weighted by Crippen LogP contribution is -2.15. The van der Waals surface area contributed by atoms with Crippen molar-refractivity contribution in [1.29, 1.82) is 0 Å². The summed E-state index contributed by atoms with van der Waals surface area (Å²) in [5.41, 5.74) is 9.15. The van der Waals surface area contributed by atoms with E-state index >= 15 is 0 Å². The van der Waals surface area contributed by atoms with Crippen LogP contribution in [-0.2, 0) is 0 Å². The van der Waals surface area contributed by atoms with Crippen LogP contribution in [0.4, 0.5) is 11.4 Å². The van der Waals surface area contributed by atoms with Crippen LogP contribution in [0.2, 0.25) is 0 Å². The minimum Gasteiger partial charge on any atom is -0.395 e. The van der Waals surface area contributed by atoms with Crippen molar-refractivity contribution in [2.75, 3.05) is 11.1 Å². The van der Waals surface area contributed by atoms with E-state index in [1.807, 2.05) is 6.92 Å². The van der Waals surface area contributed by atoms with E-state index in [0.29, 0.717) is 17.1 Å². The van der Waals surface area contributed by atoms with Crippen molar-refractivity contribution < 1.29 is 4.79 Å². The highest BCUT2D eigenvalue weighted by atomic mass is 16.2. The molecular formula is C10H14N6O. The van der Waals surface area contributed by atoms with Crippen LogP contribution in [-0.4, -0.2) is 26.3 Å². The number of carbonyl (C=O) groups excluding carboxylic acids is 1. The summed E-state index contributed by atoms with van der Waals surface area (Å²) < 4.78 is 0. The third-order valence-electron chi connectivity index (χ3n) is 2.58. The molecule has 2 heterocycles. The number of aryl methyl sites for hydroxylation is 3. The van der Waals surface area contributed by atoms with Crippen molar-refractivity contribution in [3.05, 3.63) is 22.8 Å². The Kier molecular flexibility index (Phi) is 2.58. The number of aromatic amines is 2. The predicted molar refractivity (Wildman–Crippen MR) is 63.8 cm³/mol. The molecule has 2 aromatic rings. The minimum atomic E-state index is -0.348. The second-order valence-corrected chi connectivity index (χ2v) is 3.87. The van der Waals surface area contributed by atoms with Gasteiger partial charge in [0.15, 0.2) is 5.69 Å². The van der Waals surface area contributed by atoms with E-state index in [1.54, 1.807) is 13.8 Å². The summed E-state index contributed by atoms with van der Waals surface area (Å²) in [5.74, 6) is -0.348. The number of hydrogen-bond acceptors (Lipinski definition) is 4. The summed E-state index contributed by atoms with van der Waals surface area (Å²) in [6.07, 6.45) is 0. The van der Waals surface area contributed by atoms with Gasteiger partial charge in [0.1, 0.15) is 0 Å². The average Bonchev–Trinajstić information content (AvgIpc) is 2.77. The first kappa shape index (κ1) is 11.2. The molecule has 0 unspecified atom stereocenters. The molecule has 0 saturated heterocycles. The van der Waals surface area contributed by atoms with Crippen molar-refractivity contribution in [3.8, 4) is 0 Å². The Hall–Kier alpha value is -2.31. The molecule has 7 heteroatoms. The molecule has 0 aliphatic carbocycles. The van der Waals surface area contributed by atoms with Crippen LogP contribution in [0.1, 0.15) is 27.6 Å². The lowest BCUT2D eigenvalue weighted by atomic mass is 10.2. The smallest absolute Gasteiger partial charge is 0.278 e. The summed E-state index contributed by atoms with van der Waals surface area (Å²) in [5, 5.41) is 16.0. The molecule has 0 spiro atoms. The number of carbonyl (C=O) groups is 1. The van der Waals surface area contributed by atoms with Gasteiger partial charge < -0.3 is 11.1 Å². The predicted octanol–water partition coefficient (Wildman–Crippen LogP) is 0.893. The Bertz CT molecular complexity index is 548. The van der Waals surface area contributed by atoms with E-state index in [0.717, 1.165) is 11.4 Å². The second kappa shape index (κ2) is 3.93. The zero-order valence-electron chi connectivity index (χ0n) is 9.88. The zero-order valence-corrected chi connectivity index (χ0v) is 9.88. The Morgan fingerprint density at radius 3 is 2.29 bits per heavy atom. The Balaban J connectivity index is 2.26. The van der Waals surface area contributed by atoms with Crippen LogP contribution in [0, 0.1) is 20.8 Å². The number of nitrogens with two attached hydrogens (primary N) is 1. The fourth-order valence-electron chi connectivity index (χ4n) is 1.52. The number of hydrogen-bond donors (Lipinski definition) is 4. The number of amides is 1. The van der Waals surface area contributed by atoms with E-state index in [4.69, 9.17) is 5.73 Å². The van der Waals surface area contributed by atoms with Gasteiger partial charge in [-0.25, -0.2) is 0 Å². The monoisotopic (exact) mass is 234 g/mol. The first-order chi connectivity index (χ1) is 8.00. The maximum Gasteiger partial charge on any atom is 0.278 e. The van der Waals surface area contributed by atoms with Gasteiger partial charge in [-0.3, -0.25) is 15.0 Å². The lowest BCUT2D eigenvalue weighted by Gasteiger charge is -2.03. The number of aromatic nitrogens is 4. The zero-order chi connectivity index (χ0) is 12.6. The molecule has 0 atom stereocenters. The van der Waals surface area contributed by atoms with Crippen molar-refractivity contribution in [2.24, 2.45) is 0 Å². The van der Waals surface area contributed by atoms with Gasteiger partial charge in [0.2, 0.25) is 0 Å². The molecule has 0 radical (unpaired) electrons. The molecule has 0 aliphatic heterocycles. The van der Waals surface area contributed by atoms with E-state index < -0.39 is 0 Å². The van der Waals surface area contributed by atoms with Crippen LogP contribution in [0.5, 0.6) is 0 Å². The summed E-state index contributed by atoms with van der Waals surface area (Å²) >= 11 is 0. The molecule has 0 aromatic carbocycles. The molecule has 2 aromatic heterocycles. The molecule has 7 nitrogen and oxygen atoms in total. The van der Waals surface area contributed by atoms with Gasteiger partial charge in [0, 0.05) is 0 Å². The summed E-state index contributed by atoms with van der Waals surface area (Å²) in [6.45, 7) is 5.39. The molecule has 2 rings (SSSR count). The number of nitrogens with one attached hydrogen (secondary N) is 3. The van der Waals surface area contributed by atoms with Crippen molar-refractivity contribution in [1.82, 2.24) is 20.4 Å². The standard InChI is InChI=1S/C10H14N6O/c1-4-7(11)9(16-13-4)10(17)12-8-5(2)14-15-6(8)3/h11H2,1-3H3,(H,12,17)(H,13,16)(H,14,15). The lowest BCUT2D eigenvalue weighted by molar-refractivity contribution is 0.102. The topological polar surface area (TPSA) is 112 Å². The molecule has 1 amide bonds. The Morgan fingerprint density at radius 2 is 1.82 bits per heavy atom. The highest BCUT2D eigenvalue weighted by Gasteiger charge is 2.17. The molecule has 5 N–H and O–H groups in total. The van der Waals surface area contributed by atoms with Crippen molar-refractivity contribution in [3.63, 3.8) is 0 Å². The molecule has 0 aliphatic rings. The van der Waals surface area contributed by atoms with Crippen LogP contribution in [0.15, 0.2) is 0 Å². The van der Waals surface area contributed by atoms with Crippen molar-refractivity contribution in [2.45, 2.75) is 20.8 Å². The number of nitrogen functional groups attached to an aromatic ring is 1. The normalized spacial score (nSPS) is 10.5. The van der Waals surface area contributed by atoms with E-state index in [9.17, 15) is 4.79 Å². The molecule has 90 valence electrons. The average molecular weight is 234 g/mol. The Morgan fingerprint density at radius 1 is 1.18 bits per heavy atom. The molecule has 0 saturated carbocycles. The molecule has 0 bridgehead atoms. The number of nitrogens with zero attached hydrogens (tertiary/aromatic N) is 2. The van der Waals surface area contributed by atoms with Crippen LogP contribution in [0.25, 0.3) is 0 Å². The van der Waals surface area contributed by atoms with Gasteiger partial charge in [-0.15, -0.1) is 0 Å². The van der Waals surface area contributed by atoms with Crippen LogP contribution in [0.3, 0.4) is 0 Å². The van der Waals surface area contributed by atoms with Gasteiger partial charge >= 0.3 is 0 Å². The number of H-pyrrole nitrogens is 2. The van der Waals surface area contributed by atoms with Gasteiger partial charge in [-0.05, 0) is 20.8 Å². The van der Waals surface area contributed by atoms with Gasteiger partial charge in [-0.2, -0.15) is 10.2 Å². The highest BCUT2D eigenvalue weighted by Crippen LogP contribution is 2.19. The maximum atomic E-state index is 11.9. The first-order valence-electron chi connectivity index (χ1n) is 5.14. The largest absolute Gasteiger partial charge is 0.395 e. The molecule has 17 heavy (non-hydrogen) atoms. The van der Waals surface area contributed by atoms with Crippen LogP contribution >= 0.6 is 0 Å². The second-order valence-electron chi connectivity index (χ2n) is 3.87. The number of anilines is 2. The van der Waals surface area contributed by atoms with E-state index in [2.05, 4.69) is 25.7 Å². The third kappa shape index (κ3) is 1.86.